The van der Waals surface area contributed by atoms with Crippen molar-refractivity contribution in [3.05, 3.63) is 136 Å². The maximum atomic E-state index is 13.5. The minimum Gasteiger partial charge on any atom is -0.351 e. The number of halogens is 2. The predicted octanol–water partition coefficient (Wildman–Crippen LogP) is 7.12. The third-order valence-corrected chi connectivity index (χ3v) is 14.8. The van der Waals surface area contributed by atoms with Crippen molar-refractivity contribution in [2.24, 2.45) is 0 Å². The van der Waals surface area contributed by atoms with Crippen molar-refractivity contribution in [3.8, 4) is 34.2 Å². The molecule has 346 valence electrons. The summed E-state index contributed by atoms with van der Waals surface area (Å²) in [5.74, 6) is 0.212. The first-order chi connectivity index (χ1) is 31.8. The number of nitrogens with zero attached hydrogens (tertiary/aromatic N) is 9. The molecule has 0 saturated carbocycles. The van der Waals surface area contributed by atoms with Crippen LogP contribution in [-0.4, -0.2) is 89.2 Å². The van der Waals surface area contributed by atoms with Crippen molar-refractivity contribution in [2.75, 3.05) is 36.8 Å². The van der Waals surface area contributed by atoms with Crippen molar-refractivity contribution >= 4 is 33.3 Å². The van der Waals surface area contributed by atoms with E-state index in [0.29, 0.717) is 82.2 Å². The van der Waals surface area contributed by atoms with Crippen molar-refractivity contribution in [3.63, 3.8) is 0 Å². The summed E-state index contributed by atoms with van der Waals surface area (Å²) < 4.78 is 60.8. The summed E-state index contributed by atoms with van der Waals surface area (Å²) in [6, 6.07) is 18.7. The van der Waals surface area contributed by atoms with E-state index >= 15 is 0 Å². The number of piperidine rings is 2. The fourth-order valence-corrected chi connectivity index (χ4v) is 10.6. The summed E-state index contributed by atoms with van der Waals surface area (Å²) in [6.45, 7) is 10.5. The van der Waals surface area contributed by atoms with E-state index < -0.39 is 10.0 Å². The number of anilines is 2. The highest BCUT2D eigenvalue weighted by atomic mass is 32.2. The highest BCUT2D eigenvalue weighted by molar-refractivity contribution is 7.91. The molecule has 0 aliphatic carbocycles. The van der Waals surface area contributed by atoms with Crippen LogP contribution in [0.2, 0.25) is 0 Å². The van der Waals surface area contributed by atoms with Crippen LogP contribution >= 0.6 is 11.3 Å². The first-order valence-corrected chi connectivity index (χ1v) is 24.2. The van der Waals surface area contributed by atoms with Gasteiger partial charge in [0.25, 0.3) is 10.0 Å². The molecule has 2 aliphatic rings. The van der Waals surface area contributed by atoms with Gasteiger partial charge in [-0.3, -0.25) is 18.3 Å². The maximum Gasteiger partial charge on any atom is 0.333 e. The Morgan fingerprint density at radius 2 is 1.12 bits per heavy atom. The minimum atomic E-state index is -3.47. The normalized spacial score (nSPS) is 15.2. The van der Waals surface area contributed by atoms with Crippen LogP contribution in [0.15, 0.2) is 117 Å². The third kappa shape index (κ3) is 10.2. The van der Waals surface area contributed by atoms with E-state index in [9.17, 15) is 26.8 Å². The number of imidazole rings is 2. The van der Waals surface area contributed by atoms with E-state index in [2.05, 4.69) is 35.9 Å². The van der Waals surface area contributed by atoms with Crippen LogP contribution in [0, 0.1) is 11.6 Å². The summed E-state index contributed by atoms with van der Waals surface area (Å²) in [6.07, 6.45) is 10.1. The molecule has 2 saturated heterocycles. The molecular weight excluding hydrogens is 887 g/mol. The van der Waals surface area contributed by atoms with Gasteiger partial charge in [-0.2, -0.15) is 4.31 Å². The zero-order valence-electron chi connectivity index (χ0n) is 37.0. The van der Waals surface area contributed by atoms with E-state index in [1.54, 1.807) is 92.4 Å². The van der Waals surface area contributed by atoms with Crippen LogP contribution in [0.1, 0.15) is 65.5 Å². The Bertz CT molecular complexity index is 2970. The lowest BCUT2D eigenvalue weighted by atomic mass is 10.1. The number of thiophene rings is 1. The first kappa shape index (κ1) is 46.2. The molecule has 2 aliphatic heterocycles. The van der Waals surface area contributed by atoms with Crippen molar-refractivity contribution in [1.82, 2.24) is 47.8 Å². The van der Waals surface area contributed by atoms with E-state index in [1.807, 2.05) is 27.7 Å². The molecule has 7 aromatic rings. The van der Waals surface area contributed by atoms with E-state index in [-0.39, 0.29) is 41.1 Å². The van der Waals surface area contributed by atoms with Crippen molar-refractivity contribution in [1.29, 1.82) is 0 Å². The van der Waals surface area contributed by atoms with Gasteiger partial charge in [-0.1, -0.05) is 6.07 Å². The minimum absolute atomic E-state index is 0.00425. The second kappa shape index (κ2) is 20.0. The summed E-state index contributed by atoms with van der Waals surface area (Å²) in [4.78, 5) is 44.3. The highest BCUT2D eigenvalue weighted by Crippen LogP contribution is 2.27. The Labute approximate surface area is 385 Å². The molecule has 3 N–H and O–H groups in total. The Balaban J connectivity index is 0.000000185. The molecule has 5 aromatic heterocycles. The van der Waals surface area contributed by atoms with Crippen molar-refractivity contribution in [2.45, 2.75) is 81.8 Å². The molecule has 0 unspecified atom stereocenters. The Hall–Kier alpha value is -6.35. The number of rotatable bonds is 12. The Kier molecular flexibility index (Phi) is 14.0. The zero-order chi connectivity index (χ0) is 46.5. The van der Waals surface area contributed by atoms with Gasteiger partial charge in [0.05, 0.1) is 34.2 Å². The highest BCUT2D eigenvalue weighted by Gasteiger charge is 2.30. The molecular formula is C46H52F2N12O4S2. The van der Waals surface area contributed by atoms with Gasteiger partial charge >= 0.3 is 11.4 Å². The van der Waals surface area contributed by atoms with Crippen LogP contribution in [0.4, 0.5) is 20.7 Å². The lowest BCUT2D eigenvalue weighted by molar-refractivity contribution is 0.330. The molecule has 66 heavy (non-hydrogen) atoms. The monoisotopic (exact) mass is 938 g/mol. The number of hydrogen-bond donors (Lipinski definition) is 3. The van der Waals surface area contributed by atoms with Gasteiger partial charge in [-0.15, -0.1) is 11.3 Å². The molecule has 0 bridgehead atoms. The molecule has 9 rings (SSSR count). The van der Waals surface area contributed by atoms with Crippen LogP contribution in [0.5, 0.6) is 0 Å². The van der Waals surface area contributed by atoms with E-state index in [4.69, 9.17) is 0 Å². The average Bonchev–Trinajstić information content (AvgIpc) is 4.07. The SMILES string of the molecule is CC(C)n1cc(-c2ccnc(NC3CCN(S(=O)(=O)c4cccs4)CC3)n2)n(-c2ccc(F)cc2)c1=O.CC(C)n1cc(-c2ccnc(NC3CCNCC3)n2)n(-c2ccc(F)cc2)c1=O. The second-order valence-electron chi connectivity index (χ2n) is 16.7. The molecule has 0 spiro atoms. The molecule has 0 amide bonds. The zero-order valence-corrected chi connectivity index (χ0v) is 38.6. The lowest BCUT2D eigenvalue weighted by Gasteiger charge is -2.31. The van der Waals surface area contributed by atoms with Gasteiger partial charge in [0.15, 0.2) is 0 Å². The van der Waals surface area contributed by atoms with Crippen LogP contribution in [0.3, 0.4) is 0 Å². The standard InChI is InChI=1S/C25H27FN6O3S2.C21H25FN6O/c1-17(2)31-16-22(32(25(31)33)20-7-5-18(26)6-8-20)21-9-12-27-24(29-21)28-19-10-13-30(14-11-19)37(34,35)23-4-3-15-36-23;1-14(2)27-13-19(28(21(27)29)17-5-3-15(22)4-6-17)18-9-12-24-20(26-18)25-16-7-10-23-11-8-16/h3-9,12,15-17,19H,10-11,13-14H2,1-2H3,(H,27,28,29);3-6,9,12-14,16,23H,7-8,10-11H2,1-2H3,(H,24,25,26). The van der Waals surface area contributed by atoms with Crippen LogP contribution < -0.4 is 27.3 Å². The number of benzene rings is 2. The maximum absolute atomic E-state index is 13.5. The fraction of sp³-hybridized carbons (Fsp3) is 0.348. The molecule has 7 heterocycles. The van der Waals surface area contributed by atoms with Gasteiger partial charge in [0, 0.05) is 62.0 Å². The first-order valence-electron chi connectivity index (χ1n) is 21.9. The lowest BCUT2D eigenvalue weighted by Crippen LogP contribution is -2.42. The molecule has 16 nitrogen and oxygen atoms in total. The van der Waals surface area contributed by atoms with Crippen molar-refractivity contribution < 1.29 is 17.2 Å². The average molecular weight is 939 g/mol. The number of sulfonamides is 1. The number of aromatic nitrogens is 8. The van der Waals surface area contributed by atoms with E-state index in [1.165, 1.54) is 44.5 Å². The third-order valence-electron chi connectivity index (χ3n) is 11.5. The van der Waals surface area contributed by atoms with Gasteiger partial charge in [-0.25, -0.2) is 46.7 Å². The van der Waals surface area contributed by atoms with Crippen LogP contribution in [-0.2, 0) is 10.0 Å². The quantitative estimate of drug-likeness (QED) is 0.114. The van der Waals surface area contributed by atoms with Gasteiger partial charge < -0.3 is 16.0 Å². The summed E-state index contributed by atoms with van der Waals surface area (Å²) in [5, 5.41) is 11.8. The van der Waals surface area contributed by atoms with E-state index in [0.717, 1.165) is 25.9 Å². The molecule has 2 fully saturated rings. The summed E-state index contributed by atoms with van der Waals surface area (Å²) in [5.41, 5.74) is 3.08. The van der Waals surface area contributed by atoms with Gasteiger partial charge in [0.1, 0.15) is 15.8 Å². The number of hydrogen-bond acceptors (Lipinski definition) is 12. The predicted molar refractivity (Wildman–Crippen MR) is 252 cm³/mol. The molecule has 0 radical (unpaired) electrons. The van der Waals surface area contributed by atoms with Gasteiger partial charge in [-0.05, 0) is 139 Å². The largest absolute Gasteiger partial charge is 0.351 e. The Morgan fingerprint density at radius 3 is 1.55 bits per heavy atom. The topological polar surface area (TPSA) is 179 Å². The summed E-state index contributed by atoms with van der Waals surface area (Å²) >= 11 is 1.22. The van der Waals surface area contributed by atoms with Gasteiger partial charge in [0.2, 0.25) is 11.9 Å². The molecule has 20 heteroatoms. The second-order valence-corrected chi connectivity index (χ2v) is 19.8. The van der Waals surface area contributed by atoms with Crippen LogP contribution in [0.25, 0.3) is 34.2 Å². The number of nitrogens with one attached hydrogen (secondary N) is 3. The molecule has 0 atom stereocenters. The molecule has 2 aromatic carbocycles. The fourth-order valence-electron chi connectivity index (χ4n) is 7.96. The summed E-state index contributed by atoms with van der Waals surface area (Å²) in [7, 11) is -3.47. The smallest absolute Gasteiger partial charge is 0.333 e. The Morgan fingerprint density at radius 1 is 0.667 bits per heavy atom.